The van der Waals surface area contributed by atoms with E-state index in [2.05, 4.69) is 23.3 Å². The van der Waals surface area contributed by atoms with Crippen molar-refractivity contribution < 1.29 is 24.7 Å². The summed E-state index contributed by atoms with van der Waals surface area (Å²) >= 11 is 0. The van der Waals surface area contributed by atoms with Gasteiger partial charge in [0.2, 0.25) is 5.91 Å². The molecule has 4 N–H and O–H groups in total. The normalized spacial score (nSPS) is 11.4. The summed E-state index contributed by atoms with van der Waals surface area (Å²) in [5, 5.41) is 30.5. The Hall–Kier alpha value is -4.49. The number of unbranched alkanes of at least 4 members (excludes halogenated alkanes) is 1. The zero-order valence-corrected chi connectivity index (χ0v) is 19.8. The first kappa shape index (κ1) is 26.1. The summed E-state index contributed by atoms with van der Waals surface area (Å²) in [7, 11) is 0. The SMILES string of the molecule is CCCCc1ncc(C(=O)NC(CC(=O)NO)c2ccccc2C#N)n1Cc1ccc(C(=O)O)cc1. The van der Waals surface area contributed by atoms with Gasteiger partial charge in [-0.25, -0.2) is 15.3 Å². The molecule has 10 nitrogen and oxygen atoms in total. The Morgan fingerprint density at radius 1 is 1.14 bits per heavy atom. The van der Waals surface area contributed by atoms with Crippen molar-refractivity contribution in [3.63, 3.8) is 0 Å². The largest absolute Gasteiger partial charge is 0.478 e. The van der Waals surface area contributed by atoms with Gasteiger partial charge in [-0.1, -0.05) is 43.7 Å². The van der Waals surface area contributed by atoms with Crippen LogP contribution in [0.4, 0.5) is 0 Å². The molecule has 0 aliphatic carbocycles. The molecular formula is C26H27N5O5. The van der Waals surface area contributed by atoms with E-state index in [1.165, 1.54) is 18.3 Å². The molecule has 0 aliphatic heterocycles. The number of hydrogen-bond acceptors (Lipinski definition) is 6. The Bertz CT molecular complexity index is 1280. The molecule has 0 bridgehead atoms. The predicted octanol–water partition coefficient (Wildman–Crippen LogP) is 3.21. The molecule has 0 spiro atoms. The van der Waals surface area contributed by atoms with Crippen LogP contribution in [0.25, 0.3) is 0 Å². The average Bonchev–Trinajstić information content (AvgIpc) is 3.29. The second-order valence-corrected chi connectivity index (χ2v) is 8.22. The fourth-order valence-corrected chi connectivity index (χ4v) is 3.85. The first-order valence-corrected chi connectivity index (χ1v) is 11.5. The van der Waals surface area contributed by atoms with Crippen LogP contribution in [0.2, 0.25) is 0 Å². The number of benzene rings is 2. The maximum absolute atomic E-state index is 13.4. The van der Waals surface area contributed by atoms with Gasteiger partial charge in [-0.3, -0.25) is 14.8 Å². The number of aromatic carboxylic acids is 1. The van der Waals surface area contributed by atoms with Gasteiger partial charge in [0.05, 0.1) is 35.9 Å². The van der Waals surface area contributed by atoms with E-state index in [0.29, 0.717) is 23.4 Å². The number of nitrogens with one attached hydrogen (secondary N) is 2. The Morgan fingerprint density at radius 2 is 1.86 bits per heavy atom. The Labute approximate surface area is 208 Å². The van der Waals surface area contributed by atoms with Gasteiger partial charge in [0.25, 0.3) is 5.91 Å². The first-order chi connectivity index (χ1) is 17.4. The van der Waals surface area contributed by atoms with Crippen LogP contribution in [0, 0.1) is 11.3 Å². The molecule has 0 aliphatic rings. The highest BCUT2D eigenvalue weighted by Crippen LogP contribution is 2.22. The highest BCUT2D eigenvalue weighted by Gasteiger charge is 2.24. The molecule has 1 heterocycles. The van der Waals surface area contributed by atoms with Crippen molar-refractivity contribution in [2.75, 3.05) is 0 Å². The fourth-order valence-electron chi connectivity index (χ4n) is 3.85. The van der Waals surface area contributed by atoms with Gasteiger partial charge in [0, 0.05) is 13.0 Å². The third kappa shape index (κ3) is 6.34. The highest BCUT2D eigenvalue weighted by atomic mass is 16.5. The minimum Gasteiger partial charge on any atom is -0.478 e. The zero-order valence-electron chi connectivity index (χ0n) is 19.8. The summed E-state index contributed by atoms with van der Waals surface area (Å²) in [5.74, 6) is -1.55. The van der Waals surface area contributed by atoms with Crippen LogP contribution in [-0.4, -0.2) is 37.6 Å². The summed E-state index contributed by atoms with van der Waals surface area (Å²) < 4.78 is 1.76. The standard InChI is InChI=1S/C26H27N5O5/c1-2-3-8-23-28-15-22(31(23)16-17-9-11-18(12-10-17)26(34)35)25(33)29-21(13-24(32)30-36)20-7-5-4-6-19(20)14-27/h4-7,9-12,15,21,36H,2-3,8,13,16H2,1H3,(H,29,33)(H,30,32)(H,34,35). The minimum atomic E-state index is -1.02. The van der Waals surface area contributed by atoms with Crippen molar-refractivity contribution in [1.29, 1.82) is 5.26 Å². The molecule has 1 aromatic heterocycles. The second kappa shape index (κ2) is 12.3. The highest BCUT2D eigenvalue weighted by molar-refractivity contribution is 5.93. The fraction of sp³-hybridized carbons (Fsp3) is 0.269. The molecule has 10 heteroatoms. The molecule has 3 rings (SSSR count). The van der Waals surface area contributed by atoms with Crippen LogP contribution in [0.3, 0.4) is 0 Å². The molecule has 0 fully saturated rings. The molecule has 0 saturated carbocycles. The van der Waals surface area contributed by atoms with Crippen molar-refractivity contribution >= 4 is 17.8 Å². The quantitative estimate of drug-likeness (QED) is 0.238. The summed E-state index contributed by atoms with van der Waals surface area (Å²) in [5.41, 5.74) is 3.51. The lowest BCUT2D eigenvalue weighted by Gasteiger charge is -2.20. The van der Waals surface area contributed by atoms with Crippen LogP contribution in [-0.2, 0) is 17.8 Å². The Balaban J connectivity index is 1.94. The maximum Gasteiger partial charge on any atom is 0.335 e. The molecule has 1 atom stereocenters. The number of carboxylic acids is 1. The number of carboxylic acid groups (broad SMARTS) is 1. The summed E-state index contributed by atoms with van der Waals surface area (Å²) in [6.45, 7) is 2.34. The maximum atomic E-state index is 13.4. The number of carbonyl (C=O) groups is 3. The van der Waals surface area contributed by atoms with E-state index < -0.39 is 23.8 Å². The third-order valence-electron chi connectivity index (χ3n) is 5.74. The lowest BCUT2D eigenvalue weighted by molar-refractivity contribution is -0.129. The Morgan fingerprint density at radius 3 is 2.50 bits per heavy atom. The molecule has 0 radical (unpaired) electrons. The van der Waals surface area contributed by atoms with Crippen LogP contribution in [0.5, 0.6) is 0 Å². The van der Waals surface area contributed by atoms with E-state index in [1.807, 2.05) is 0 Å². The van der Waals surface area contributed by atoms with Crippen molar-refractivity contribution in [2.24, 2.45) is 0 Å². The monoisotopic (exact) mass is 489 g/mol. The molecule has 186 valence electrons. The second-order valence-electron chi connectivity index (χ2n) is 8.22. The minimum absolute atomic E-state index is 0.162. The summed E-state index contributed by atoms with van der Waals surface area (Å²) in [6, 6.07) is 14.2. The number of amides is 2. The number of carbonyl (C=O) groups excluding carboxylic acids is 2. The van der Waals surface area contributed by atoms with Gasteiger partial charge in [-0.15, -0.1) is 0 Å². The predicted molar refractivity (Wildman–Crippen MR) is 129 cm³/mol. The number of aryl methyl sites for hydroxylation is 1. The van der Waals surface area contributed by atoms with E-state index in [-0.39, 0.29) is 24.2 Å². The lowest BCUT2D eigenvalue weighted by Crippen LogP contribution is -2.34. The molecule has 36 heavy (non-hydrogen) atoms. The van der Waals surface area contributed by atoms with Crippen LogP contribution >= 0.6 is 0 Å². The number of hydroxylamine groups is 1. The van der Waals surface area contributed by atoms with Crippen molar-refractivity contribution in [1.82, 2.24) is 20.3 Å². The summed E-state index contributed by atoms with van der Waals surface area (Å²) in [6.07, 6.45) is 3.63. The molecular weight excluding hydrogens is 462 g/mol. The smallest absolute Gasteiger partial charge is 0.335 e. The number of hydrogen-bond donors (Lipinski definition) is 4. The van der Waals surface area contributed by atoms with Gasteiger partial charge >= 0.3 is 5.97 Å². The molecule has 2 amide bonds. The van der Waals surface area contributed by atoms with Gasteiger partial charge in [-0.2, -0.15) is 5.26 Å². The van der Waals surface area contributed by atoms with Crippen LogP contribution < -0.4 is 10.8 Å². The number of aromatic nitrogens is 2. The van der Waals surface area contributed by atoms with Gasteiger partial charge in [0.15, 0.2) is 0 Å². The number of rotatable bonds is 11. The Kier molecular flexibility index (Phi) is 8.91. The number of nitriles is 1. The number of imidazole rings is 1. The average molecular weight is 490 g/mol. The third-order valence-corrected chi connectivity index (χ3v) is 5.74. The lowest BCUT2D eigenvalue weighted by atomic mass is 9.98. The van der Waals surface area contributed by atoms with Gasteiger partial charge < -0.3 is 15.0 Å². The van der Waals surface area contributed by atoms with Crippen molar-refractivity contribution in [3.05, 3.63) is 88.5 Å². The molecule has 0 saturated heterocycles. The van der Waals surface area contributed by atoms with Crippen molar-refractivity contribution in [3.8, 4) is 6.07 Å². The van der Waals surface area contributed by atoms with Crippen LogP contribution in [0.15, 0.2) is 54.7 Å². The van der Waals surface area contributed by atoms with Crippen molar-refractivity contribution in [2.45, 2.75) is 45.2 Å². The molecule has 3 aromatic rings. The van der Waals surface area contributed by atoms with Gasteiger partial charge in [0.1, 0.15) is 11.5 Å². The van der Waals surface area contributed by atoms with E-state index in [1.54, 1.807) is 46.4 Å². The zero-order chi connectivity index (χ0) is 26.1. The molecule has 2 aromatic carbocycles. The van der Waals surface area contributed by atoms with Gasteiger partial charge in [-0.05, 0) is 35.7 Å². The van der Waals surface area contributed by atoms with E-state index in [9.17, 15) is 19.6 Å². The van der Waals surface area contributed by atoms with E-state index >= 15 is 0 Å². The van der Waals surface area contributed by atoms with E-state index in [4.69, 9.17) is 10.3 Å². The molecule has 1 unspecified atom stereocenters. The van der Waals surface area contributed by atoms with E-state index in [0.717, 1.165) is 18.4 Å². The van der Waals surface area contributed by atoms with Crippen LogP contribution in [0.1, 0.15) is 75.6 Å². The topological polar surface area (TPSA) is 157 Å². The number of nitrogens with zero attached hydrogens (tertiary/aromatic N) is 3. The first-order valence-electron chi connectivity index (χ1n) is 11.5. The summed E-state index contributed by atoms with van der Waals surface area (Å²) in [4.78, 5) is 41.0.